The maximum Gasteiger partial charge on any atom is 1.00 e. The van der Waals surface area contributed by atoms with E-state index < -0.39 is 16.5 Å². The van der Waals surface area contributed by atoms with Crippen molar-refractivity contribution in [3.8, 4) is 0 Å². The van der Waals surface area contributed by atoms with Crippen LogP contribution >= 0.6 is 16.5 Å². The van der Waals surface area contributed by atoms with E-state index in [1.807, 2.05) is 0 Å². The maximum atomic E-state index is 9.41. The van der Waals surface area contributed by atoms with Gasteiger partial charge in [-0.3, -0.25) is 0 Å². The monoisotopic (exact) mass is 212 g/mol. The summed E-state index contributed by atoms with van der Waals surface area (Å²) in [7, 11) is -5.47. The van der Waals surface area contributed by atoms with Crippen molar-refractivity contribution in [2.24, 2.45) is 0 Å². The van der Waals surface area contributed by atoms with Gasteiger partial charge in [0.15, 0.2) is 0 Å². The first-order valence-corrected chi connectivity index (χ1v) is 4.39. The topological polar surface area (TPSA) is 107 Å². The molecule has 0 aliphatic heterocycles. The Bertz CT molecular complexity index is 113. The van der Waals surface area contributed by atoms with Crippen LogP contribution in [0.2, 0.25) is 0 Å². The van der Waals surface area contributed by atoms with Gasteiger partial charge in [-0.05, 0) is 11.5 Å². The fraction of sp³-hybridized carbons (Fsp3) is 1.00. The van der Waals surface area contributed by atoms with E-state index in [0.29, 0.717) is 0 Å². The molecule has 0 aliphatic rings. The van der Waals surface area contributed by atoms with E-state index in [2.05, 4.69) is 4.52 Å². The van der Waals surface area contributed by atoms with Crippen molar-refractivity contribution in [3.63, 3.8) is 0 Å². The second-order valence-corrected chi connectivity index (χ2v) is 2.11. The third-order valence-corrected chi connectivity index (χ3v) is 0.704. The fourth-order valence-corrected chi connectivity index (χ4v) is 0.316. The van der Waals surface area contributed by atoms with E-state index in [0.717, 1.165) is 0 Å². The Morgan fingerprint density at radius 1 is 1.45 bits per heavy atom. The van der Waals surface area contributed by atoms with Gasteiger partial charge in [-0.2, -0.15) is 0 Å². The van der Waals surface area contributed by atoms with Crippen molar-refractivity contribution in [3.05, 3.63) is 0 Å². The molecule has 0 aromatic heterocycles. The van der Waals surface area contributed by atoms with Gasteiger partial charge in [-0.15, -0.1) is 14.3 Å². The second kappa shape index (κ2) is 13.6. The van der Waals surface area contributed by atoms with Gasteiger partial charge in [0.25, 0.3) is 0 Å². The van der Waals surface area contributed by atoms with Gasteiger partial charge in [0.2, 0.25) is 0 Å². The molecule has 0 rings (SSSR count). The molecule has 1 unspecified atom stereocenters. The second-order valence-electron chi connectivity index (χ2n) is 0.894. The molecule has 60 valence electrons. The number of hydrogen-bond donors (Lipinski definition) is 2. The summed E-state index contributed by atoms with van der Waals surface area (Å²) in [6.45, 7) is 1.85. The maximum absolute atomic E-state index is 9.41. The smallest absolute Gasteiger partial charge is 0.566 e. The zero-order valence-electron chi connectivity index (χ0n) is 6.13. The van der Waals surface area contributed by atoms with Crippen LogP contribution in [0.3, 0.4) is 0 Å². The van der Waals surface area contributed by atoms with Crippen LogP contribution in [0.1, 0.15) is 6.92 Å². The molecule has 0 amide bonds. The summed E-state index contributed by atoms with van der Waals surface area (Å²) in [6, 6.07) is 0. The molecule has 1 atom stereocenters. The Hall–Kier alpha value is 1.04. The van der Waals surface area contributed by atoms with Gasteiger partial charge in [-0.25, -0.2) is 0 Å². The van der Waals surface area contributed by atoms with Crippen LogP contribution in [-0.4, -0.2) is 16.4 Å². The molecule has 0 heterocycles. The molecule has 0 fully saturated rings. The number of rotatable bonds is 2. The summed E-state index contributed by atoms with van der Waals surface area (Å²) >= 11 is 0. The summed E-state index contributed by atoms with van der Waals surface area (Å²) in [5.41, 5.74) is 0. The third kappa shape index (κ3) is 55.3. The molecular weight excluding hydrogens is 205 g/mol. The first kappa shape index (κ1) is 18.0. The molecule has 0 aliphatic carbocycles. The minimum Gasteiger partial charge on any atom is -0.566 e. The molecule has 11 heavy (non-hydrogen) atoms. The van der Waals surface area contributed by atoms with Gasteiger partial charge in [0, 0.05) is 4.57 Å². The standard InChI is InChI=1S/C2H5O3P.Na.HO3P/c1-2-5-6(3)4;;1-4(2)3/h2H2,1H3;;(H-,1,2,3)/q;+1;/p+1. The van der Waals surface area contributed by atoms with Crippen molar-refractivity contribution in [2.75, 3.05) is 6.61 Å². The normalized spacial score (nSPS) is 8.55. The minimum absolute atomic E-state index is 0. The van der Waals surface area contributed by atoms with Crippen molar-refractivity contribution in [2.45, 2.75) is 6.92 Å². The molecule has 9 heteroatoms. The zero-order chi connectivity index (χ0) is 8.57. The first-order valence-electron chi connectivity index (χ1n) is 2.13. The van der Waals surface area contributed by atoms with E-state index in [1.165, 1.54) is 0 Å². The van der Waals surface area contributed by atoms with E-state index >= 15 is 0 Å². The molecular formula is C2H7NaO6P2+2. The minimum atomic E-state index is -2.87. The summed E-state index contributed by atoms with van der Waals surface area (Å²) in [4.78, 5) is 23.7. The quantitative estimate of drug-likeness (QED) is 0.366. The van der Waals surface area contributed by atoms with Crippen LogP contribution in [0.15, 0.2) is 0 Å². The summed E-state index contributed by atoms with van der Waals surface area (Å²) < 4.78 is 22.1. The average molecular weight is 212 g/mol. The Labute approximate surface area is 87.8 Å². The predicted octanol–water partition coefficient (Wildman–Crippen LogP) is -3.33. The van der Waals surface area contributed by atoms with Crippen LogP contribution in [0, 0.1) is 0 Å². The largest absolute Gasteiger partial charge is 1.00 e. The van der Waals surface area contributed by atoms with Crippen LogP contribution in [0.4, 0.5) is 0 Å². The Morgan fingerprint density at radius 3 is 1.73 bits per heavy atom. The molecule has 6 nitrogen and oxygen atoms in total. The average Bonchev–Trinajstić information content (AvgIpc) is 1.62. The van der Waals surface area contributed by atoms with Gasteiger partial charge in [-0.1, -0.05) is 0 Å². The number of hydrogen-bond acceptors (Lipinski definition) is 4. The van der Waals surface area contributed by atoms with Crippen molar-refractivity contribution in [1.29, 1.82) is 0 Å². The van der Waals surface area contributed by atoms with Crippen LogP contribution in [0.5, 0.6) is 0 Å². The molecule has 2 N–H and O–H groups in total. The molecule has 0 aromatic rings. The fourth-order valence-electron chi connectivity index (χ4n) is 0.105. The molecule has 0 saturated carbocycles. The summed E-state index contributed by atoms with van der Waals surface area (Å²) in [5.74, 6) is 0. The van der Waals surface area contributed by atoms with Crippen LogP contribution in [0.25, 0.3) is 0 Å². The van der Waals surface area contributed by atoms with Crippen molar-refractivity contribution < 1.29 is 57.9 Å². The molecule has 0 bridgehead atoms. The Balaban J connectivity index is -0.000000114. The zero-order valence-corrected chi connectivity index (χ0v) is 9.92. The van der Waals surface area contributed by atoms with Gasteiger partial charge >= 0.3 is 46.1 Å². The Kier molecular flexibility index (Phi) is 22.2. The first-order chi connectivity index (χ1) is 4.50. The molecule has 0 saturated heterocycles. The van der Waals surface area contributed by atoms with E-state index in [-0.39, 0.29) is 36.2 Å². The SMILES string of the molecule is CCO[P+](=O)[O-].O=[P+](O)O.[Na+]. The molecule has 0 spiro atoms. The van der Waals surface area contributed by atoms with Crippen molar-refractivity contribution >= 4 is 16.5 Å². The van der Waals surface area contributed by atoms with Crippen LogP contribution < -0.4 is 34.5 Å². The third-order valence-electron chi connectivity index (χ3n) is 0.235. The van der Waals surface area contributed by atoms with Gasteiger partial charge < -0.3 is 4.89 Å². The van der Waals surface area contributed by atoms with E-state index in [4.69, 9.17) is 14.4 Å². The summed E-state index contributed by atoms with van der Waals surface area (Å²) in [5, 5.41) is 0. The molecule has 0 radical (unpaired) electrons. The van der Waals surface area contributed by atoms with Gasteiger partial charge in [0.05, 0.1) is 6.61 Å². The van der Waals surface area contributed by atoms with Crippen molar-refractivity contribution in [1.82, 2.24) is 0 Å². The predicted molar refractivity (Wildman–Crippen MR) is 31.3 cm³/mol. The molecule has 0 aromatic carbocycles. The van der Waals surface area contributed by atoms with Crippen LogP contribution in [-0.2, 0) is 13.7 Å². The van der Waals surface area contributed by atoms with E-state index in [9.17, 15) is 9.46 Å². The van der Waals surface area contributed by atoms with Gasteiger partial charge in [0.1, 0.15) is 0 Å². The summed E-state index contributed by atoms with van der Waals surface area (Å²) in [6.07, 6.45) is 0. The van der Waals surface area contributed by atoms with E-state index in [1.54, 1.807) is 6.92 Å². The Morgan fingerprint density at radius 2 is 1.73 bits per heavy atom.